The van der Waals surface area contributed by atoms with E-state index < -0.39 is 15.6 Å². The highest BCUT2D eigenvalue weighted by Crippen LogP contribution is 2.22. The molecule has 7 heteroatoms. The monoisotopic (exact) mass is 354 g/mol. The van der Waals surface area contributed by atoms with Gasteiger partial charge in [0.25, 0.3) is 0 Å². The maximum absolute atomic E-state index is 12.7. The number of nitrogens with zero attached hydrogens (tertiary/aromatic N) is 1. The molecule has 2 aliphatic rings. The van der Waals surface area contributed by atoms with Crippen LogP contribution in [0.25, 0.3) is 0 Å². The van der Waals surface area contributed by atoms with Crippen molar-refractivity contribution in [1.29, 1.82) is 0 Å². The highest BCUT2D eigenvalue weighted by Gasteiger charge is 2.34. The van der Waals surface area contributed by atoms with Crippen LogP contribution < -0.4 is 5.32 Å². The SMILES string of the molecule is Cc1ccc(S(=O)(=O)N2CCC(NCC3(O)CCOC3)CC2)cc1. The number of piperidine rings is 1. The first-order valence-electron chi connectivity index (χ1n) is 8.49. The Bertz CT molecular complexity index is 646. The molecule has 0 saturated carbocycles. The van der Waals surface area contributed by atoms with E-state index in [1.807, 2.05) is 19.1 Å². The van der Waals surface area contributed by atoms with Gasteiger partial charge in [-0.25, -0.2) is 8.42 Å². The van der Waals surface area contributed by atoms with Crippen LogP contribution in [-0.2, 0) is 14.8 Å². The van der Waals surface area contributed by atoms with Crippen molar-refractivity contribution in [2.75, 3.05) is 32.8 Å². The van der Waals surface area contributed by atoms with Gasteiger partial charge in [0, 0.05) is 38.7 Å². The van der Waals surface area contributed by atoms with E-state index in [0.29, 0.717) is 44.2 Å². The molecule has 0 aliphatic carbocycles. The first-order valence-corrected chi connectivity index (χ1v) is 9.93. The molecule has 0 radical (unpaired) electrons. The van der Waals surface area contributed by atoms with E-state index in [1.54, 1.807) is 16.4 Å². The van der Waals surface area contributed by atoms with Crippen molar-refractivity contribution in [3.05, 3.63) is 29.8 Å². The predicted molar refractivity (Wildman–Crippen MR) is 91.3 cm³/mol. The summed E-state index contributed by atoms with van der Waals surface area (Å²) in [7, 11) is -3.41. The van der Waals surface area contributed by atoms with Crippen LogP contribution in [0, 0.1) is 6.92 Å². The lowest BCUT2D eigenvalue weighted by Crippen LogP contribution is -2.49. The fourth-order valence-electron chi connectivity index (χ4n) is 3.23. The van der Waals surface area contributed by atoms with E-state index in [1.165, 1.54) is 0 Å². The number of nitrogens with one attached hydrogen (secondary N) is 1. The van der Waals surface area contributed by atoms with Crippen LogP contribution in [0.1, 0.15) is 24.8 Å². The van der Waals surface area contributed by atoms with Crippen LogP contribution in [0.5, 0.6) is 0 Å². The molecule has 2 saturated heterocycles. The van der Waals surface area contributed by atoms with E-state index in [2.05, 4.69) is 5.32 Å². The van der Waals surface area contributed by atoms with Gasteiger partial charge in [-0.2, -0.15) is 4.31 Å². The second kappa shape index (κ2) is 7.09. The quantitative estimate of drug-likeness (QED) is 0.821. The summed E-state index contributed by atoms with van der Waals surface area (Å²) in [6, 6.07) is 7.23. The van der Waals surface area contributed by atoms with Crippen molar-refractivity contribution >= 4 is 10.0 Å². The van der Waals surface area contributed by atoms with Crippen LogP contribution in [0.2, 0.25) is 0 Å². The topological polar surface area (TPSA) is 78.9 Å². The number of sulfonamides is 1. The van der Waals surface area contributed by atoms with Gasteiger partial charge in [-0.3, -0.25) is 0 Å². The minimum Gasteiger partial charge on any atom is -0.386 e. The maximum atomic E-state index is 12.7. The maximum Gasteiger partial charge on any atom is 0.243 e. The Hall–Kier alpha value is -0.990. The van der Waals surface area contributed by atoms with Gasteiger partial charge in [-0.05, 0) is 31.9 Å². The number of hydrogen-bond donors (Lipinski definition) is 2. The van der Waals surface area contributed by atoms with Gasteiger partial charge in [0.2, 0.25) is 10.0 Å². The van der Waals surface area contributed by atoms with Crippen LogP contribution in [0.3, 0.4) is 0 Å². The van der Waals surface area contributed by atoms with E-state index >= 15 is 0 Å². The Kier molecular flexibility index (Phi) is 5.27. The number of benzene rings is 1. The third-order valence-electron chi connectivity index (χ3n) is 4.91. The van der Waals surface area contributed by atoms with E-state index in [4.69, 9.17) is 4.74 Å². The summed E-state index contributed by atoms with van der Waals surface area (Å²) in [6.07, 6.45) is 2.16. The van der Waals surface area contributed by atoms with Gasteiger partial charge >= 0.3 is 0 Å². The number of rotatable bonds is 5. The lowest BCUT2D eigenvalue weighted by Gasteiger charge is -2.33. The van der Waals surface area contributed by atoms with Gasteiger partial charge in [-0.15, -0.1) is 0 Å². The third kappa shape index (κ3) is 3.97. The zero-order chi connectivity index (χ0) is 17.2. The molecule has 1 aromatic rings. The van der Waals surface area contributed by atoms with Crippen molar-refractivity contribution in [1.82, 2.24) is 9.62 Å². The largest absolute Gasteiger partial charge is 0.386 e. The van der Waals surface area contributed by atoms with Crippen molar-refractivity contribution in [3.8, 4) is 0 Å². The molecule has 0 spiro atoms. The summed E-state index contributed by atoms with van der Waals surface area (Å²) in [6.45, 7) is 4.43. The van der Waals surface area contributed by atoms with Crippen molar-refractivity contribution in [3.63, 3.8) is 0 Å². The third-order valence-corrected chi connectivity index (χ3v) is 6.83. The smallest absolute Gasteiger partial charge is 0.243 e. The number of ether oxygens (including phenoxy) is 1. The standard InChI is InChI=1S/C17H26N2O4S/c1-14-2-4-16(5-3-14)24(21,22)19-9-6-15(7-10-19)18-12-17(20)8-11-23-13-17/h2-5,15,18,20H,6-13H2,1H3. The first kappa shape index (κ1) is 17.8. The van der Waals surface area contributed by atoms with Gasteiger partial charge in [0.15, 0.2) is 0 Å². The first-order chi connectivity index (χ1) is 11.4. The number of aliphatic hydroxyl groups is 1. The normalized spacial score (nSPS) is 26.8. The van der Waals surface area contributed by atoms with Crippen LogP contribution in [-0.4, -0.2) is 62.3 Å². The van der Waals surface area contributed by atoms with Crippen LogP contribution in [0.15, 0.2) is 29.2 Å². The molecule has 0 amide bonds. The van der Waals surface area contributed by atoms with Crippen molar-refractivity contribution in [2.24, 2.45) is 0 Å². The molecule has 1 aromatic carbocycles. The van der Waals surface area contributed by atoms with Crippen molar-refractivity contribution in [2.45, 2.75) is 42.7 Å². The molecule has 6 nitrogen and oxygen atoms in total. The summed E-state index contributed by atoms with van der Waals surface area (Å²) in [5.74, 6) is 0. The van der Waals surface area contributed by atoms with E-state index in [0.717, 1.165) is 18.4 Å². The molecular weight excluding hydrogens is 328 g/mol. The van der Waals surface area contributed by atoms with E-state index in [-0.39, 0.29) is 6.04 Å². The lowest BCUT2D eigenvalue weighted by molar-refractivity contribution is 0.0234. The molecular formula is C17H26N2O4S. The molecule has 2 heterocycles. The van der Waals surface area contributed by atoms with Gasteiger partial charge in [0.05, 0.1) is 11.5 Å². The zero-order valence-corrected chi connectivity index (χ0v) is 14.9. The van der Waals surface area contributed by atoms with Gasteiger partial charge in [-0.1, -0.05) is 17.7 Å². The van der Waals surface area contributed by atoms with Crippen LogP contribution >= 0.6 is 0 Å². The second-order valence-electron chi connectivity index (χ2n) is 6.90. The molecule has 2 aliphatic heterocycles. The summed E-state index contributed by atoms with van der Waals surface area (Å²) in [5, 5.41) is 13.7. The lowest BCUT2D eigenvalue weighted by atomic mass is 10.0. The molecule has 0 aromatic heterocycles. The van der Waals surface area contributed by atoms with Gasteiger partial charge < -0.3 is 15.2 Å². The highest BCUT2D eigenvalue weighted by atomic mass is 32.2. The highest BCUT2D eigenvalue weighted by molar-refractivity contribution is 7.89. The molecule has 1 atom stereocenters. The molecule has 3 rings (SSSR count). The Balaban J connectivity index is 1.53. The minimum absolute atomic E-state index is 0.235. The molecule has 134 valence electrons. The Morgan fingerprint density at radius 2 is 1.96 bits per heavy atom. The average Bonchev–Trinajstić information content (AvgIpc) is 3.01. The zero-order valence-electron chi connectivity index (χ0n) is 14.1. The minimum atomic E-state index is -3.41. The van der Waals surface area contributed by atoms with Crippen molar-refractivity contribution < 1.29 is 18.3 Å². The molecule has 24 heavy (non-hydrogen) atoms. The second-order valence-corrected chi connectivity index (χ2v) is 8.84. The Labute approximate surface area is 143 Å². The van der Waals surface area contributed by atoms with Gasteiger partial charge in [0.1, 0.15) is 5.60 Å². The summed E-state index contributed by atoms with van der Waals surface area (Å²) in [4.78, 5) is 0.358. The molecule has 2 fully saturated rings. The molecule has 0 bridgehead atoms. The summed E-state index contributed by atoms with van der Waals surface area (Å²) < 4.78 is 32.1. The molecule has 2 N–H and O–H groups in total. The fraction of sp³-hybridized carbons (Fsp3) is 0.647. The predicted octanol–water partition coefficient (Wildman–Crippen LogP) is 0.889. The fourth-order valence-corrected chi connectivity index (χ4v) is 4.70. The number of aryl methyl sites for hydroxylation is 1. The Morgan fingerprint density at radius 3 is 2.54 bits per heavy atom. The molecule has 1 unspecified atom stereocenters. The van der Waals surface area contributed by atoms with E-state index in [9.17, 15) is 13.5 Å². The average molecular weight is 354 g/mol. The summed E-state index contributed by atoms with van der Waals surface area (Å²) in [5.41, 5.74) is 0.274. The Morgan fingerprint density at radius 1 is 1.29 bits per heavy atom. The van der Waals surface area contributed by atoms with Crippen LogP contribution in [0.4, 0.5) is 0 Å². The number of hydrogen-bond acceptors (Lipinski definition) is 5. The summed E-state index contributed by atoms with van der Waals surface area (Å²) >= 11 is 0.